The summed E-state index contributed by atoms with van der Waals surface area (Å²) in [6.45, 7) is 2.05. The van der Waals surface area contributed by atoms with Crippen LogP contribution in [0.25, 0.3) is 27.7 Å². The fraction of sp³-hybridized carbons (Fsp3) is 0.133. The van der Waals surface area contributed by atoms with Gasteiger partial charge in [0.2, 0.25) is 0 Å². The number of carboxylic acids is 1. The Morgan fingerprint density at radius 1 is 0.943 bits per heavy atom. The van der Waals surface area contributed by atoms with Crippen molar-refractivity contribution in [3.05, 3.63) is 114 Å². The van der Waals surface area contributed by atoms with Gasteiger partial charge in [-0.3, -0.25) is 4.79 Å². The lowest BCUT2D eigenvalue weighted by Crippen LogP contribution is -2.17. The number of benzene rings is 4. The minimum Gasteiger partial charge on any atom is -0.497 e. The van der Waals surface area contributed by atoms with Gasteiger partial charge in [0, 0.05) is 17.7 Å². The number of rotatable bonds is 7. The molecule has 5 rings (SSSR count). The molecule has 1 aromatic heterocycles. The van der Waals surface area contributed by atoms with Gasteiger partial charge in [-0.25, -0.2) is 4.68 Å². The third-order valence-electron chi connectivity index (χ3n) is 6.36. The molecule has 0 fully saturated rings. The number of carbonyl (C=O) groups is 1. The SMILES string of the molecule is COc1ccc(-n2nc(-c3ccc(C)cc3)cc2CC(C(=O)O)c2cccc3ccccc23)cc1. The molecule has 1 unspecified atom stereocenters. The first kappa shape index (κ1) is 22.4. The van der Waals surface area contributed by atoms with Crippen molar-refractivity contribution in [1.82, 2.24) is 9.78 Å². The fourth-order valence-corrected chi connectivity index (χ4v) is 4.47. The lowest BCUT2D eigenvalue weighted by atomic mass is 9.90. The number of fused-ring (bicyclic) bond motifs is 1. The van der Waals surface area contributed by atoms with Crippen molar-refractivity contribution < 1.29 is 14.6 Å². The van der Waals surface area contributed by atoms with Crippen molar-refractivity contribution in [2.24, 2.45) is 0 Å². The molecule has 0 aliphatic rings. The second-order valence-electron chi connectivity index (χ2n) is 8.66. The van der Waals surface area contributed by atoms with Crippen molar-refractivity contribution in [3.63, 3.8) is 0 Å². The van der Waals surface area contributed by atoms with E-state index in [1.807, 2.05) is 96.5 Å². The zero-order valence-corrected chi connectivity index (χ0v) is 19.7. The summed E-state index contributed by atoms with van der Waals surface area (Å²) in [6, 6.07) is 31.6. The van der Waals surface area contributed by atoms with Crippen LogP contribution in [0.3, 0.4) is 0 Å². The summed E-state index contributed by atoms with van der Waals surface area (Å²) >= 11 is 0. The van der Waals surface area contributed by atoms with Gasteiger partial charge in [-0.15, -0.1) is 0 Å². The highest BCUT2D eigenvalue weighted by Crippen LogP contribution is 2.31. The van der Waals surface area contributed by atoms with Crippen LogP contribution in [0, 0.1) is 6.92 Å². The first-order valence-electron chi connectivity index (χ1n) is 11.5. The van der Waals surface area contributed by atoms with Crippen molar-refractivity contribution >= 4 is 16.7 Å². The van der Waals surface area contributed by atoms with Crippen LogP contribution < -0.4 is 4.74 Å². The van der Waals surface area contributed by atoms with E-state index in [2.05, 4.69) is 12.1 Å². The minimum absolute atomic E-state index is 0.300. The van der Waals surface area contributed by atoms with Crippen molar-refractivity contribution in [2.75, 3.05) is 7.11 Å². The van der Waals surface area contributed by atoms with Crippen LogP contribution >= 0.6 is 0 Å². The average molecular weight is 463 g/mol. The molecule has 0 saturated heterocycles. The van der Waals surface area contributed by atoms with Gasteiger partial charge in [0.1, 0.15) is 5.75 Å². The highest BCUT2D eigenvalue weighted by atomic mass is 16.5. The molecule has 0 aliphatic heterocycles. The van der Waals surface area contributed by atoms with Gasteiger partial charge in [-0.05, 0) is 53.6 Å². The standard InChI is InChI=1S/C30H26N2O3/c1-20-10-12-22(13-11-20)29-19-24(32(31-29)23-14-16-25(35-2)17-15-23)18-28(30(33)34)27-9-5-7-21-6-3-4-8-26(21)27/h3-17,19,28H,18H2,1-2H3,(H,33,34). The number of nitrogens with zero attached hydrogens (tertiary/aromatic N) is 2. The van der Waals surface area contributed by atoms with Gasteiger partial charge in [0.25, 0.3) is 0 Å². The summed E-state index contributed by atoms with van der Waals surface area (Å²) in [5.74, 6) is -0.832. The van der Waals surface area contributed by atoms with Crippen LogP contribution in [0.15, 0.2) is 97.1 Å². The third-order valence-corrected chi connectivity index (χ3v) is 6.36. The molecule has 0 radical (unpaired) electrons. The number of aryl methyl sites for hydroxylation is 1. The lowest BCUT2D eigenvalue weighted by Gasteiger charge is -2.16. The van der Waals surface area contributed by atoms with Crippen LogP contribution in [0.1, 0.15) is 22.7 Å². The quantitative estimate of drug-likeness (QED) is 0.303. The topological polar surface area (TPSA) is 64.4 Å². The van der Waals surface area contributed by atoms with Gasteiger partial charge in [-0.1, -0.05) is 72.3 Å². The summed E-state index contributed by atoms with van der Waals surface area (Å²) < 4.78 is 7.15. The van der Waals surface area contributed by atoms with Gasteiger partial charge >= 0.3 is 5.97 Å². The first-order valence-corrected chi connectivity index (χ1v) is 11.5. The van der Waals surface area contributed by atoms with Gasteiger partial charge < -0.3 is 9.84 Å². The van der Waals surface area contributed by atoms with E-state index in [9.17, 15) is 9.90 Å². The Bertz CT molecular complexity index is 1480. The van der Waals surface area contributed by atoms with E-state index < -0.39 is 11.9 Å². The highest BCUT2D eigenvalue weighted by molar-refractivity contribution is 5.90. The first-order chi connectivity index (χ1) is 17.0. The van der Waals surface area contributed by atoms with E-state index in [1.165, 1.54) is 5.56 Å². The lowest BCUT2D eigenvalue weighted by molar-refractivity contribution is -0.138. The van der Waals surface area contributed by atoms with Crippen LogP contribution in [0.2, 0.25) is 0 Å². The minimum atomic E-state index is -0.860. The number of ether oxygens (including phenoxy) is 1. The molecule has 35 heavy (non-hydrogen) atoms. The molecule has 0 saturated carbocycles. The second kappa shape index (κ2) is 9.47. The van der Waals surface area contributed by atoms with Gasteiger partial charge in [0.15, 0.2) is 0 Å². The predicted molar refractivity (Wildman–Crippen MR) is 138 cm³/mol. The number of aromatic nitrogens is 2. The van der Waals surface area contributed by atoms with E-state index in [1.54, 1.807) is 7.11 Å². The molecule has 5 nitrogen and oxygen atoms in total. The Hall–Kier alpha value is -4.38. The van der Waals surface area contributed by atoms with E-state index in [0.29, 0.717) is 6.42 Å². The van der Waals surface area contributed by atoms with Crippen molar-refractivity contribution in [3.8, 4) is 22.7 Å². The molecule has 4 aromatic carbocycles. The Labute approximate surface area is 204 Å². The second-order valence-corrected chi connectivity index (χ2v) is 8.66. The summed E-state index contributed by atoms with van der Waals surface area (Å²) in [4.78, 5) is 12.5. The molecule has 0 amide bonds. The molecule has 5 aromatic rings. The van der Waals surface area contributed by atoms with Crippen LogP contribution in [-0.2, 0) is 11.2 Å². The van der Waals surface area contributed by atoms with Crippen LogP contribution in [0.5, 0.6) is 5.75 Å². The number of hydrogen-bond acceptors (Lipinski definition) is 3. The monoisotopic (exact) mass is 462 g/mol. The molecule has 0 aliphatic carbocycles. The summed E-state index contributed by atoms with van der Waals surface area (Å²) in [5.41, 5.74) is 5.44. The maximum Gasteiger partial charge on any atom is 0.311 e. The molecule has 1 atom stereocenters. The largest absolute Gasteiger partial charge is 0.497 e. The smallest absolute Gasteiger partial charge is 0.311 e. The van der Waals surface area contributed by atoms with Gasteiger partial charge in [0.05, 0.1) is 24.4 Å². The highest BCUT2D eigenvalue weighted by Gasteiger charge is 2.25. The molecule has 1 heterocycles. The zero-order chi connectivity index (χ0) is 24.4. The summed E-state index contributed by atoms with van der Waals surface area (Å²) in [6.07, 6.45) is 0.300. The predicted octanol–water partition coefficient (Wildman–Crippen LogP) is 6.42. The maximum absolute atomic E-state index is 12.5. The normalized spacial score (nSPS) is 11.9. The Morgan fingerprint density at radius 3 is 2.37 bits per heavy atom. The molecule has 0 spiro atoms. The molecular weight excluding hydrogens is 436 g/mol. The summed E-state index contributed by atoms with van der Waals surface area (Å²) in [5, 5.41) is 17.2. The maximum atomic E-state index is 12.5. The van der Waals surface area contributed by atoms with E-state index in [0.717, 1.165) is 44.7 Å². The number of aliphatic carboxylic acids is 1. The average Bonchev–Trinajstić information content (AvgIpc) is 3.31. The number of hydrogen-bond donors (Lipinski definition) is 1. The zero-order valence-electron chi connectivity index (χ0n) is 19.7. The van der Waals surface area contributed by atoms with Crippen LogP contribution in [-0.4, -0.2) is 28.0 Å². The molecule has 1 N–H and O–H groups in total. The molecule has 5 heteroatoms. The summed E-state index contributed by atoms with van der Waals surface area (Å²) in [7, 11) is 1.63. The molecule has 0 bridgehead atoms. The van der Waals surface area contributed by atoms with Crippen LogP contribution in [0.4, 0.5) is 0 Å². The van der Waals surface area contributed by atoms with E-state index >= 15 is 0 Å². The Kier molecular flexibility index (Phi) is 6.06. The Balaban J connectivity index is 1.62. The van der Waals surface area contributed by atoms with Crippen molar-refractivity contribution in [1.29, 1.82) is 0 Å². The fourth-order valence-electron chi connectivity index (χ4n) is 4.47. The van der Waals surface area contributed by atoms with Crippen molar-refractivity contribution in [2.45, 2.75) is 19.3 Å². The van der Waals surface area contributed by atoms with Gasteiger partial charge in [-0.2, -0.15) is 5.10 Å². The number of carboxylic acid groups (broad SMARTS) is 1. The molecule has 174 valence electrons. The molecular formula is C30H26N2O3. The number of methoxy groups -OCH3 is 1. The Morgan fingerprint density at radius 2 is 1.66 bits per heavy atom. The van der Waals surface area contributed by atoms with E-state index in [-0.39, 0.29) is 0 Å². The van der Waals surface area contributed by atoms with E-state index in [4.69, 9.17) is 9.84 Å². The third kappa shape index (κ3) is 4.53.